The van der Waals surface area contributed by atoms with Gasteiger partial charge in [0.25, 0.3) is 5.91 Å². The number of hydrogen-bond acceptors (Lipinski definition) is 4. The molecule has 0 rings (SSSR count). The molecule has 10 heavy (non-hydrogen) atoms. The zero-order valence-electron chi connectivity index (χ0n) is 6.16. The average molecular weight is 162 g/mol. The molecule has 4 nitrogen and oxygen atoms in total. The van der Waals surface area contributed by atoms with Gasteiger partial charge < -0.3 is 10.1 Å². The van der Waals surface area contributed by atoms with Crippen molar-refractivity contribution in [2.45, 2.75) is 0 Å². The summed E-state index contributed by atoms with van der Waals surface area (Å²) in [6.45, 7) is 0. The van der Waals surface area contributed by atoms with Crippen LogP contribution in [0.4, 0.5) is 0 Å². The van der Waals surface area contributed by atoms with E-state index in [1.807, 2.05) is 0 Å². The van der Waals surface area contributed by atoms with E-state index in [1.54, 1.807) is 20.4 Å². The molecule has 5 heteroatoms. The lowest BCUT2D eigenvalue weighted by Gasteiger charge is -2.08. The molecule has 0 aliphatic carbocycles. The lowest BCUT2D eigenvalue weighted by Crippen LogP contribution is -2.27. The molecule has 0 aromatic rings. The first-order valence-corrected chi connectivity index (χ1v) is 3.83. The summed E-state index contributed by atoms with van der Waals surface area (Å²) in [6, 6.07) is 0. The van der Waals surface area contributed by atoms with Gasteiger partial charge in [-0.05, 0) is 6.26 Å². The van der Waals surface area contributed by atoms with Crippen molar-refractivity contribution >= 4 is 22.7 Å². The van der Waals surface area contributed by atoms with Gasteiger partial charge >= 0.3 is 0 Å². The molecule has 0 radical (unpaired) electrons. The van der Waals surface area contributed by atoms with Crippen LogP contribution in [0.25, 0.3) is 0 Å². The Kier molecular flexibility index (Phi) is 3.87. The normalized spacial score (nSPS) is 11.3. The number of rotatable bonds is 0. The Morgan fingerprint density at radius 1 is 1.60 bits per heavy atom. The summed E-state index contributed by atoms with van der Waals surface area (Å²) in [5.41, 5.74) is 0. The number of thioether (sulfide) groups is 1. The van der Waals surface area contributed by atoms with Crippen LogP contribution in [0, 0.1) is 0 Å². The van der Waals surface area contributed by atoms with E-state index >= 15 is 0 Å². The highest BCUT2D eigenvalue weighted by Crippen LogP contribution is 1.99. The molecule has 0 saturated heterocycles. The monoisotopic (exact) mass is 162 g/mol. The summed E-state index contributed by atoms with van der Waals surface area (Å²) in [5.74, 6) is -0.282. The molecule has 0 aromatic carbocycles. The number of oxime groups is 1. The summed E-state index contributed by atoms with van der Waals surface area (Å²) in [4.78, 5) is 12.3. The predicted octanol–water partition coefficient (Wildman–Crippen LogP) is 0.225. The van der Waals surface area contributed by atoms with Gasteiger partial charge in [-0.1, -0.05) is 5.16 Å². The van der Waals surface area contributed by atoms with Gasteiger partial charge in [0.1, 0.15) is 0 Å². The maximum Gasteiger partial charge on any atom is 0.282 e. The van der Waals surface area contributed by atoms with E-state index in [4.69, 9.17) is 5.21 Å². The van der Waals surface area contributed by atoms with Crippen LogP contribution < -0.4 is 0 Å². The fourth-order valence-electron chi connectivity index (χ4n) is 0.362. The second-order valence-corrected chi connectivity index (χ2v) is 2.60. The van der Waals surface area contributed by atoms with Gasteiger partial charge in [-0.2, -0.15) is 0 Å². The van der Waals surface area contributed by atoms with Crippen molar-refractivity contribution in [3.05, 3.63) is 0 Å². The third kappa shape index (κ3) is 2.26. The Labute approximate surface area is 63.9 Å². The van der Waals surface area contributed by atoms with Gasteiger partial charge in [0.15, 0.2) is 5.04 Å². The first kappa shape index (κ1) is 9.29. The Morgan fingerprint density at radius 2 is 2.10 bits per heavy atom. The predicted molar refractivity (Wildman–Crippen MR) is 41.4 cm³/mol. The van der Waals surface area contributed by atoms with Crippen LogP contribution in [0.15, 0.2) is 5.16 Å². The second kappa shape index (κ2) is 4.16. The number of carbonyl (C=O) groups excluding carboxylic acids is 1. The number of carbonyl (C=O) groups is 1. The SMILES string of the molecule is CS/C(=N/O)C(=O)N(C)C. The fourth-order valence-corrected chi connectivity index (χ4v) is 0.801. The minimum Gasteiger partial charge on any atom is -0.410 e. The molecular formula is C5H10N2O2S. The summed E-state index contributed by atoms with van der Waals surface area (Å²) < 4.78 is 0. The lowest BCUT2D eigenvalue weighted by atomic mass is 10.6. The molecule has 0 fully saturated rings. The topological polar surface area (TPSA) is 52.9 Å². The van der Waals surface area contributed by atoms with Crippen LogP contribution in [0.1, 0.15) is 0 Å². The minimum absolute atomic E-state index is 0.102. The van der Waals surface area contributed by atoms with Gasteiger partial charge in [0.05, 0.1) is 0 Å². The maximum atomic E-state index is 10.9. The van der Waals surface area contributed by atoms with E-state index in [9.17, 15) is 4.79 Å². The molecule has 0 spiro atoms. The van der Waals surface area contributed by atoms with E-state index < -0.39 is 0 Å². The van der Waals surface area contributed by atoms with E-state index in [1.165, 1.54) is 4.90 Å². The molecule has 1 amide bonds. The van der Waals surface area contributed by atoms with E-state index in [0.717, 1.165) is 11.8 Å². The third-order valence-electron chi connectivity index (χ3n) is 0.873. The second-order valence-electron chi connectivity index (χ2n) is 1.81. The maximum absolute atomic E-state index is 10.9. The van der Waals surface area contributed by atoms with Crippen molar-refractivity contribution in [1.82, 2.24) is 4.90 Å². The van der Waals surface area contributed by atoms with Crippen molar-refractivity contribution in [1.29, 1.82) is 0 Å². The first-order chi connectivity index (χ1) is 4.63. The Hall–Kier alpha value is -0.710. The standard InChI is InChI=1S/C5H10N2O2S/c1-7(2)5(8)4(6-9)10-3/h9H,1-3H3/b6-4+. The molecule has 0 heterocycles. The fraction of sp³-hybridized carbons (Fsp3) is 0.600. The van der Waals surface area contributed by atoms with E-state index in [0.29, 0.717) is 0 Å². The largest absolute Gasteiger partial charge is 0.410 e. The van der Waals surface area contributed by atoms with Gasteiger partial charge in [-0.15, -0.1) is 11.8 Å². The van der Waals surface area contributed by atoms with E-state index in [-0.39, 0.29) is 11.0 Å². The lowest BCUT2D eigenvalue weighted by molar-refractivity contribution is -0.121. The van der Waals surface area contributed by atoms with E-state index in [2.05, 4.69) is 5.16 Å². The number of amides is 1. The van der Waals surface area contributed by atoms with Crippen molar-refractivity contribution < 1.29 is 10.0 Å². The molecule has 58 valence electrons. The van der Waals surface area contributed by atoms with Crippen molar-refractivity contribution in [3.63, 3.8) is 0 Å². The van der Waals surface area contributed by atoms with Crippen molar-refractivity contribution in [3.8, 4) is 0 Å². The zero-order chi connectivity index (χ0) is 8.15. The van der Waals surface area contributed by atoms with Gasteiger partial charge in [0.2, 0.25) is 0 Å². The molecule has 0 saturated carbocycles. The summed E-state index contributed by atoms with van der Waals surface area (Å²) in [7, 11) is 3.20. The minimum atomic E-state index is -0.282. The van der Waals surface area contributed by atoms with Crippen LogP contribution in [-0.4, -0.2) is 41.4 Å². The summed E-state index contributed by atoms with van der Waals surface area (Å²) in [6.07, 6.45) is 1.68. The van der Waals surface area contributed by atoms with Crippen LogP contribution in [0.2, 0.25) is 0 Å². The molecule has 0 atom stereocenters. The Balaban J connectivity index is 4.18. The highest BCUT2D eigenvalue weighted by molar-refractivity contribution is 8.15. The van der Waals surface area contributed by atoms with Gasteiger partial charge in [-0.25, -0.2) is 0 Å². The zero-order valence-corrected chi connectivity index (χ0v) is 6.97. The molecule has 0 unspecified atom stereocenters. The van der Waals surface area contributed by atoms with Gasteiger partial charge in [-0.3, -0.25) is 4.79 Å². The van der Waals surface area contributed by atoms with Crippen LogP contribution in [0.5, 0.6) is 0 Å². The average Bonchev–Trinajstić information content (AvgIpc) is 1.90. The number of hydrogen-bond donors (Lipinski definition) is 1. The quantitative estimate of drug-likeness (QED) is 0.240. The molecule has 0 bridgehead atoms. The summed E-state index contributed by atoms with van der Waals surface area (Å²) >= 11 is 1.12. The molecule has 1 N–H and O–H groups in total. The molecule has 0 aliphatic rings. The highest BCUT2D eigenvalue weighted by Gasteiger charge is 2.11. The Morgan fingerprint density at radius 3 is 2.20 bits per heavy atom. The van der Waals surface area contributed by atoms with Crippen molar-refractivity contribution in [2.75, 3.05) is 20.4 Å². The summed E-state index contributed by atoms with van der Waals surface area (Å²) in [5, 5.41) is 11.2. The third-order valence-corrected chi connectivity index (χ3v) is 1.52. The molecule has 0 aliphatic heterocycles. The van der Waals surface area contributed by atoms with Crippen LogP contribution >= 0.6 is 11.8 Å². The van der Waals surface area contributed by atoms with Crippen LogP contribution in [-0.2, 0) is 4.79 Å². The molecular weight excluding hydrogens is 152 g/mol. The molecule has 0 aromatic heterocycles. The smallest absolute Gasteiger partial charge is 0.282 e. The van der Waals surface area contributed by atoms with Crippen LogP contribution in [0.3, 0.4) is 0 Å². The Bertz CT molecular complexity index is 156. The first-order valence-electron chi connectivity index (χ1n) is 2.61. The highest BCUT2D eigenvalue weighted by atomic mass is 32.2. The van der Waals surface area contributed by atoms with Gasteiger partial charge in [0, 0.05) is 14.1 Å². The van der Waals surface area contributed by atoms with Crippen molar-refractivity contribution in [2.24, 2.45) is 5.16 Å². The number of nitrogens with zero attached hydrogens (tertiary/aromatic N) is 2.